The average molecular weight is 240 g/mol. The van der Waals surface area contributed by atoms with Crippen LogP contribution in [0.15, 0.2) is 33.7 Å². The van der Waals surface area contributed by atoms with E-state index in [2.05, 4.69) is 20.9 Å². The number of aromatic hydroxyl groups is 1. The third kappa shape index (κ3) is 1.23. The van der Waals surface area contributed by atoms with Gasteiger partial charge in [0.2, 0.25) is 0 Å². The van der Waals surface area contributed by atoms with Crippen LogP contribution < -0.4 is 5.43 Å². The Hall–Kier alpha value is -1.29. The van der Waals surface area contributed by atoms with Crippen molar-refractivity contribution in [2.24, 2.45) is 0 Å². The molecule has 2 aromatic rings. The Kier molecular flexibility index (Phi) is 1.84. The quantitative estimate of drug-likeness (QED) is 0.739. The molecule has 0 unspecified atom stereocenters. The summed E-state index contributed by atoms with van der Waals surface area (Å²) in [5.74, 6) is 0.0795. The summed E-state index contributed by atoms with van der Waals surface area (Å²) in [6, 6.07) is 4.60. The number of phenolic OH excluding ortho intramolecular Hbond substituents is 1. The van der Waals surface area contributed by atoms with Crippen molar-refractivity contribution in [1.82, 2.24) is 4.98 Å². The molecule has 4 heteroatoms. The summed E-state index contributed by atoms with van der Waals surface area (Å²) in [6.45, 7) is 0. The number of hydrogen-bond acceptors (Lipinski definition) is 2. The molecule has 0 saturated heterocycles. The van der Waals surface area contributed by atoms with Crippen molar-refractivity contribution in [3.63, 3.8) is 0 Å². The first-order chi connectivity index (χ1) is 6.20. The van der Waals surface area contributed by atoms with Gasteiger partial charge in [0.15, 0.2) is 5.43 Å². The second-order valence-corrected chi connectivity index (χ2v) is 3.51. The standard InChI is InChI=1S/C9H6BrNO2/c10-5-1-2-7(13)9-8(5)6(12)3-4-11-9/h1-4,13H,(H,11,12). The van der Waals surface area contributed by atoms with Crippen molar-refractivity contribution < 1.29 is 5.11 Å². The molecule has 66 valence electrons. The van der Waals surface area contributed by atoms with Crippen LogP contribution in [0, 0.1) is 0 Å². The molecule has 3 nitrogen and oxygen atoms in total. The van der Waals surface area contributed by atoms with Gasteiger partial charge in [0.05, 0.1) is 10.9 Å². The molecule has 0 fully saturated rings. The van der Waals surface area contributed by atoms with E-state index < -0.39 is 0 Å². The van der Waals surface area contributed by atoms with E-state index in [-0.39, 0.29) is 11.2 Å². The number of aromatic nitrogens is 1. The van der Waals surface area contributed by atoms with Crippen LogP contribution in [0.4, 0.5) is 0 Å². The molecule has 0 amide bonds. The number of benzene rings is 1. The van der Waals surface area contributed by atoms with Crippen LogP contribution in [-0.2, 0) is 0 Å². The Balaban J connectivity index is 3.09. The average Bonchev–Trinajstić information content (AvgIpc) is 2.12. The van der Waals surface area contributed by atoms with Gasteiger partial charge in [0, 0.05) is 16.7 Å². The number of phenols is 1. The van der Waals surface area contributed by atoms with Crippen LogP contribution >= 0.6 is 15.9 Å². The Bertz CT molecular complexity index is 518. The summed E-state index contributed by atoms with van der Waals surface area (Å²) in [5, 5.41) is 9.90. The highest BCUT2D eigenvalue weighted by molar-refractivity contribution is 9.10. The van der Waals surface area contributed by atoms with Gasteiger partial charge in [-0.15, -0.1) is 0 Å². The third-order valence-electron chi connectivity index (χ3n) is 1.84. The van der Waals surface area contributed by atoms with Crippen LogP contribution in [0.2, 0.25) is 0 Å². The number of hydrogen-bond donors (Lipinski definition) is 2. The van der Waals surface area contributed by atoms with Gasteiger partial charge in [-0.05, 0) is 28.1 Å². The van der Waals surface area contributed by atoms with E-state index in [9.17, 15) is 9.90 Å². The molecule has 0 radical (unpaired) electrons. The molecule has 2 N–H and O–H groups in total. The number of H-pyrrole nitrogens is 1. The van der Waals surface area contributed by atoms with Crippen LogP contribution in [0.5, 0.6) is 5.75 Å². The largest absolute Gasteiger partial charge is 0.506 e. The second kappa shape index (κ2) is 2.88. The molecule has 0 saturated carbocycles. The molecule has 1 aromatic heterocycles. The van der Waals surface area contributed by atoms with Crippen molar-refractivity contribution >= 4 is 26.8 Å². The van der Waals surface area contributed by atoms with Crippen LogP contribution in [0.1, 0.15) is 0 Å². The lowest BCUT2D eigenvalue weighted by atomic mass is 10.2. The molecule has 0 aliphatic heterocycles. The van der Waals surface area contributed by atoms with Crippen LogP contribution in [0.25, 0.3) is 10.9 Å². The van der Waals surface area contributed by atoms with Crippen molar-refractivity contribution in [2.75, 3.05) is 0 Å². The molecule has 0 spiro atoms. The lowest BCUT2D eigenvalue weighted by Crippen LogP contribution is -2.00. The topological polar surface area (TPSA) is 53.1 Å². The van der Waals surface area contributed by atoms with Crippen molar-refractivity contribution in [1.29, 1.82) is 0 Å². The maximum atomic E-state index is 11.4. The number of halogens is 1. The number of aromatic amines is 1. The van der Waals surface area contributed by atoms with Crippen molar-refractivity contribution in [3.8, 4) is 5.75 Å². The summed E-state index contributed by atoms with van der Waals surface area (Å²) in [5.41, 5.74) is 0.346. The zero-order valence-corrected chi connectivity index (χ0v) is 8.13. The molecule has 2 rings (SSSR count). The maximum absolute atomic E-state index is 11.4. The summed E-state index contributed by atoms with van der Waals surface area (Å²) in [6.07, 6.45) is 1.51. The first kappa shape index (κ1) is 8.31. The first-order valence-electron chi connectivity index (χ1n) is 3.69. The summed E-state index contributed by atoms with van der Waals surface area (Å²) >= 11 is 3.25. The highest BCUT2D eigenvalue weighted by Crippen LogP contribution is 2.26. The number of fused-ring (bicyclic) bond motifs is 1. The molecule has 0 aliphatic rings. The second-order valence-electron chi connectivity index (χ2n) is 2.66. The minimum absolute atomic E-state index is 0.0795. The minimum atomic E-state index is -0.114. The van der Waals surface area contributed by atoms with Gasteiger partial charge < -0.3 is 10.1 Å². The van der Waals surface area contributed by atoms with Crippen molar-refractivity contribution in [2.45, 2.75) is 0 Å². The summed E-state index contributed by atoms with van der Waals surface area (Å²) in [4.78, 5) is 14.2. The lowest BCUT2D eigenvalue weighted by molar-refractivity contribution is 0.480. The minimum Gasteiger partial charge on any atom is -0.506 e. The third-order valence-corrected chi connectivity index (χ3v) is 2.50. The van der Waals surface area contributed by atoms with Gasteiger partial charge in [-0.25, -0.2) is 0 Å². The zero-order valence-electron chi connectivity index (χ0n) is 6.54. The zero-order chi connectivity index (χ0) is 9.42. The van der Waals surface area contributed by atoms with E-state index in [0.29, 0.717) is 15.4 Å². The Morgan fingerprint density at radius 2 is 2.08 bits per heavy atom. The molecular formula is C9H6BrNO2. The molecule has 13 heavy (non-hydrogen) atoms. The maximum Gasteiger partial charge on any atom is 0.190 e. The lowest BCUT2D eigenvalue weighted by Gasteiger charge is -2.01. The predicted octanol–water partition coefficient (Wildman–Crippen LogP) is 2.00. The molecule has 0 aliphatic carbocycles. The SMILES string of the molecule is O=c1cc[nH]c2c(O)ccc(Br)c12. The monoisotopic (exact) mass is 239 g/mol. The van der Waals surface area contributed by atoms with Crippen LogP contribution in [0.3, 0.4) is 0 Å². The summed E-state index contributed by atoms with van der Waals surface area (Å²) in [7, 11) is 0. The predicted molar refractivity (Wildman–Crippen MR) is 53.9 cm³/mol. The van der Waals surface area contributed by atoms with Crippen LogP contribution in [-0.4, -0.2) is 10.1 Å². The number of rotatable bonds is 0. The fourth-order valence-corrected chi connectivity index (χ4v) is 1.76. The van der Waals surface area contributed by atoms with Gasteiger partial charge in [0.1, 0.15) is 5.75 Å². The van der Waals surface area contributed by atoms with Gasteiger partial charge in [-0.2, -0.15) is 0 Å². The molecule has 1 aromatic carbocycles. The van der Waals surface area contributed by atoms with Gasteiger partial charge in [0.25, 0.3) is 0 Å². The van der Waals surface area contributed by atoms with E-state index in [4.69, 9.17) is 0 Å². The molecule has 0 atom stereocenters. The van der Waals surface area contributed by atoms with Gasteiger partial charge in [-0.3, -0.25) is 4.79 Å². The molecule has 0 bridgehead atoms. The first-order valence-corrected chi connectivity index (χ1v) is 4.48. The van der Waals surface area contributed by atoms with Crippen molar-refractivity contribution in [3.05, 3.63) is 39.1 Å². The highest BCUT2D eigenvalue weighted by Gasteiger charge is 2.05. The Morgan fingerprint density at radius 3 is 2.77 bits per heavy atom. The summed E-state index contributed by atoms with van der Waals surface area (Å²) < 4.78 is 0.683. The van der Waals surface area contributed by atoms with E-state index >= 15 is 0 Å². The smallest absolute Gasteiger partial charge is 0.190 e. The highest BCUT2D eigenvalue weighted by atomic mass is 79.9. The molecule has 1 heterocycles. The van der Waals surface area contributed by atoms with Gasteiger partial charge in [-0.1, -0.05) is 0 Å². The fourth-order valence-electron chi connectivity index (χ4n) is 1.24. The van der Waals surface area contributed by atoms with E-state index in [1.54, 1.807) is 6.07 Å². The Morgan fingerprint density at radius 1 is 1.31 bits per heavy atom. The number of nitrogens with one attached hydrogen (secondary N) is 1. The number of pyridine rings is 1. The van der Waals surface area contributed by atoms with E-state index in [0.717, 1.165) is 0 Å². The normalized spacial score (nSPS) is 10.5. The van der Waals surface area contributed by atoms with E-state index in [1.165, 1.54) is 18.3 Å². The van der Waals surface area contributed by atoms with Gasteiger partial charge >= 0.3 is 0 Å². The van der Waals surface area contributed by atoms with E-state index in [1.807, 2.05) is 0 Å². The Labute approximate surface area is 82.2 Å². The fraction of sp³-hybridized carbons (Fsp3) is 0. The molecular weight excluding hydrogens is 234 g/mol.